The normalized spacial score (nSPS) is 15.5. The number of carbonyl (C=O) groups excluding carboxylic acids is 1. The number of aryl methyl sites for hydroxylation is 1. The Labute approximate surface area is 143 Å². The van der Waals surface area contributed by atoms with E-state index in [1.54, 1.807) is 24.7 Å². The van der Waals surface area contributed by atoms with E-state index in [4.69, 9.17) is 4.74 Å². The molecule has 1 fully saturated rings. The predicted octanol–water partition coefficient (Wildman–Crippen LogP) is 3.23. The summed E-state index contributed by atoms with van der Waals surface area (Å²) < 4.78 is 6.76. The molecule has 2 aromatic rings. The Morgan fingerprint density at radius 1 is 1.26 bits per heavy atom. The van der Waals surface area contributed by atoms with Crippen molar-refractivity contribution in [3.05, 3.63) is 52.5 Å². The third-order valence-electron chi connectivity index (χ3n) is 3.87. The standard InChI is InChI=1S/C17H18BrN3O2/c1-12-2-3-16(11-20-12)23-15-4-6-21(7-5-15)17(22)13-8-14(18)10-19-9-13/h2-3,8-11,15H,4-7H2,1H3. The molecule has 1 aliphatic heterocycles. The van der Waals surface area contributed by atoms with Crippen LogP contribution in [0.2, 0.25) is 0 Å². The zero-order chi connectivity index (χ0) is 16.2. The highest BCUT2D eigenvalue weighted by Crippen LogP contribution is 2.20. The third-order valence-corrected chi connectivity index (χ3v) is 4.30. The molecule has 0 N–H and O–H groups in total. The highest BCUT2D eigenvalue weighted by Gasteiger charge is 2.25. The van der Waals surface area contributed by atoms with E-state index in [0.29, 0.717) is 18.7 Å². The van der Waals surface area contributed by atoms with Crippen LogP contribution in [0.25, 0.3) is 0 Å². The van der Waals surface area contributed by atoms with Crippen LogP contribution in [-0.2, 0) is 0 Å². The molecule has 23 heavy (non-hydrogen) atoms. The molecule has 3 heterocycles. The minimum Gasteiger partial charge on any atom is -0.489 e. The topological polar surface area (TPSA) is 55.3 Å². The van der Waals surface area contributed by atoms with E-state index in [1.165, 1.54) is 0 Å². The number of carbonyl (C=O) groups is 1. The van der Waals surface area contributed by atoms with Crippen molar-refractivity contribution in [3.63, 3.8) is 0 Å². The Morgan fingerprint density at radius 2 is 2.04 bits per heavy atom. The molecule has 0 aliphatic carbocycles. The summed E-state index contributed by atoms with van der Waals surface area (Å²) in [6.07, 6.45) is 6.80. The number of halogens is 1. The number of aromatic nitrogens is 2. The summed E-state index contributed by atoms with van der Waals surface area (Å²) in [4.78, 5) is 22.6. The molecule has 5 nitrogen and oxygen atoms in total. The fourth-order valence-corrected chi connectivity index (χ4v) is 2.97. The van der Waals surface area contributed by atoms with Crippen LogP contribution in [0.3, 0.4) is 0 Å². The van der Waals surface area contributed by atoms with Gasteiger partial charge in [0, 0.05) is 48.5 Å². The number of likely N-dealkylation sites (tertiary alicyclic amines) is 1. The Morgan fingerprint density at radius 3 is 2.70 bits per heavy atom. The van der Waals surface area contributed by atoms with Crippen LogP contribution in [0, 0.1) is 6.92 Å². The first-order chi connectivity index (χ1) is 11.1. The lowest BCUT2D eigenvalue weighted by Gasteiger charge is -2.32. The molecule has 0 radical (unpaired) electrons. The molecule has 1 amide bonds. The van der Waals surface area contributed by atoms with Crippen LogP contribution in [0.5, 0.6) is 5.75 Å². The number of amides is 1. The number of nitrogens with zero attached hydrogens (tertiary/aromatic N) is 3. The fraction of sp³-hybridized carbons (Fsp3) is 0.353. The molecule has 6 heteroatoms. The summed E-state index contributed by atoms with van der Waals surface area (Å²) in [5, 5.41) is 0. The fourth-order valence-electron chi connectivity index (χ4n) is 2.60. The van der Waals surface area contributed by atoms with Crippen molar-refractivity contribution >= 4 is 21.8 Å². The van der Waals surface area contributed by atoms with Crippen LogP contribution < -0.4 is 4.74 Å². The Bertz CT molecular complexity index is 682. The molecular weight excluding hydrogens is 358 g/mol. The van der Waals surface area contributed by atoms with Crippen molar-refractivity contribution in [2.45, 2.75) is 25.9 Å². The first-order valence-electron chi connectivity index (χ1n) is 7.61. The Kier molecular flexibility index (Phi) is 4.91. The summed E-state index contributed by atoms with van der Waals surface area (Å²) in [5.74, 6) is 0.811. The van der Waals surface area contributed by atoms with Gasteiger partial charge >= 0.3 is 0 Å². The number of pyridine rings is 2. The summed E-state index contributed by atoms with van der Waals surface area (Å²) in [5.41, 5.74) is 1.59. The highest BCUT2D eigenvalue weighted by atomic mass is 79.9. The lowest BCUT2D eigenvalue weighted by atomic mass is 10.1. The molecule has 2 aromatic heterocycles. The van der Waals surface area contributed by atoms with E-state index >= 15 is 0 Å². The smallest absolute Gasteiger partial charge is 0.255 e. The second kappa shape index (κ2) is 7.08. The molecule has 1 aliphatic rings. The number of ether oxygens (including phenoxy) is 1. The summed E-state index contributed by atoms with van der Waals surface area (Å²) in [6.45, 7) is 3.33. The predicted molar refractivity (Wildman–Crippen MR) is 90.5 cm³/mol. The molecule has 0 saturated carbocycles. The van der Waals surface area contributed by atoms with Crippen molar-refractivity contribution in [2.24, 2.45) is 0 Å². The van der Waals surface area contributed by atoms with Gasteiger partial charge in [-0.2, -0.15) is 0 Å². The molecule has 1 saturated heterocycles. The van der Waals surface area contributed by atoms with E-state index < -0.39 is 0 Å². The molecule has 120 valence electrons. The van der Waals surface area contributed by atoms with E-state index in [2.05, 4.69) is 25.9 Å². The maximum absolute atomic E-state index is 12.5. The van der Waals surface area contributed by atoms with Gasteiger partial charge in [0.05, 0.1) is 11.8 Å². The summed E-state index contributed by atoms with van der Waals surface area (Å²) >= 11 is 3.35. The largest absolute Gasteiger partial charge is 0.489 e. The molecule has 0 bridgehead atoms. The Balaban J connectivity index is 1.55. The average Bonchev–Trinajstić information content (AvgIpc) is 2.57. The number of hydrogen-bond donors (Lipinski definition) is 0. The molecule has 0 atom stereocenters. The lowest BCUT2D eigenvalue weighted by molar-refractivity contribution is 0.0594. The maximum Gasteiger partial charge on any atom is 0.255 e. The van der Waals surface area contributed by atoms with Crippen molar-refractivity contribution in [1.82, 2.24) is 14.9 Å². The number of hydrogen-bond acceptors (Lipinski definition) is 4. The number of rotatable bonds is 3. The van der Waals surface area contributed by atoms with Gasteiger partial charge in [-0.1, -0.05) is 0 Å². The van der Waals surface area contributed by atoms with E-state index in [-0.39, 0.29) is 12.0 Å². The van der Waals surface area contributed by atoms with Crippen molar-refractivity contribution in [3.8, 4) is 5.75 Å². The molecule has 0 aromatic carbocycles. The van der Waals surface area contributed by atoms with Crippen LogP contribution in [0.15, 0.2) is 41.3 Å². The molecule has 3 rings (SSSR count). The summed E-state index contributed by atoms with van der Waals surface area (Å²) in [7, 11) is 0. The van der Waals surface area contributed by atoms with Gasteiger partial charge in [-0.05, 0) is 41.1 Å². The minimum absolute atomic E-state index is 0.0225. The first-order valence-corrected chi connectivity index (χ1v) is 8.40. The second-order valence-electron chi connectivity index (χ2n) is 5.64. The zero-order valence-electron chi connectivity index (χ0n) is 12.9. The molecule has 0 unspecified atom stereocenters. The third kappa shape index (κ3) is 4.07. The van der Waals surface area contributed by atoms with Gasteiger partial charge in [0.15, 0.2) is 0 Å². The van der Waals surface area contributed by atoms with Gasteiger partial charge in [-0.25, -0.2) is 0 Å². The molecular formula is C17H18BrN3O2. The second-order valence-corrected chi connectivity index (χ2v) is 6.55. The van der Waals surface area contributed by atoms with Gasteiger partial charge in [0.25, 0.3) is 5.91 Å². The lowest BCUT2D eigenvalue weighted by Crippen LogP contribution is -2.41. The van der Waals surface area contributed by atoms with Crippen molar-refractivity contribution in [1.29, 1.82) is 0 Å². The van der Waals surface area contributed by atoms with Gasteiger partial charge < -0.3 is 9.64 Å². The van der Waals surface area contributed by atoms with Gasteiger partial charge in [0.1, 0.15) is 11.9 Å². The van der Waals surface area contributed by atoms with E-state index in [9.17, 15) is 4.79 Å². The summed E-state index contributed by atoms with van der Waals surface area (Å²) in [6, 6.07) is 5.68. The monoisotopic (exact) mass is 375 g/mol. The average molecular weight is 376 g/mol. The SMILES string of the molecule is Cc1ccc(OC2CCN(C(=O)c3cncc(Br)c3)CC2)cn1. The minimum atomic E-state index is 0.0225. The zero-order valence-corrected chi connectivity index (χ0v) is 14.5. The maximum atomic E-state index is 12.5. The van der Waals surface area contributed by atoms with Crippen LogP contribution in [-0.4, -0.2) is 40.0 Å². The van der Waals surface area contributed by atoms with Crippen molar-refractivity contribution < 1.29 is 9.53 Å². The van der Waals surface area contributed by atoms with Crippen LogP contribution in [0.1, 0.15) is 28.9 Å². The van der Waals surface area contributed by atoms with Gasteiger partial charge in [-0.15, -0.1) is 0 Å². The van der Waals surface area contributed by atoms with Crippen molar-refractivity contribution in [2.75, 3.05) is 13.1 Å². The molecule has 0 spiro atoms. The quantitative estimate of drug-likeness (QED) is 0.826. The highest BCUT2D eigenvalue weighted by molar-refractivity contribution is 9.10. The van der Waals surface area contributed by atoms with Crippen LogP contribution >= 0.6 is 15.9 Å². The first kappa shape index (κ1) is 15.9. The van der Waals surface area contributed by atoms with E-state index in [1.807, 2.05) is 24.0 Å². The van der Waals surface area contributed by atoms with Crippen LogP contribution in [0.4, 0.5) is 0 Å². The van der Waals surface area contributed by atoms with Gasteiger partial charge in [0.2, 0.25) is 0 Å². The Hall–Kier alpha value is -1.95. The number of piperidine rings is 1. The van der Waals surface area contributed by atoms with Gasteiger partial charge in [-0.3, -0.25) is 14.8 Å². The van der Waals surface area contributed by atoms with E-state index in [0.717, 1.165) is 28.8 Å².